The van der Waals surface area contributed by atoms with Crippen molar-refractivity contribution in [2.24, 2.45) is 0 Å². The first-order chi connectivity index (χ1) is 32.8. The van der Waals surface area contributed by atoms with E-state index in [4.69, 9.17) is 0 Å². The normalized spacial score (nSPS) is 14.1. The number of anilines is 3. The van der Waals surface area contributed by atoms with Crippen LogP contribution in [0.1, 0.15) is 65.8 Å². The van der Waals surface area contributed by atoms with E-state index in [9.17, 15) is 0 Å². The summed E-state index contributed by atoms with van der Waals surface area (Å²) in [4.78, 5) is 2.48. The quantitative estimate of drug-likeness (QED) is 0.140. The van der Waals surface area contributed by atoms with Crippen LogP contribution in [0.15, 0.2) is 243 Å². The highest BCUT2D eigenvalue weighted by Crippen LogP contribution is 2.56. The molecule has 0 aliphatic heterocycles. The van der Waals surface area contributed by atoms with E-state index in [0.717, 1.165) is 17.1 Å². The number of rotatable bonds is 9. The minimum atomic E-state index is -0.466. The number of nitrogens with zero attached hydrogens (tertiary/aromatic N) is 1. The average Bonchev–Trinajstić information content (AvgIpc) is 3.71. The first kappa shape index (κ1) is 39.8. The van der Waals surface area contributed by atoms with Crippen molar-refractivity contribution in [3.63, 3.8) is 0 Å². The molecule has 2 aliphatic carbocycles. The van der Waals surface area contributed by atoms with Crippen LogP contribution >= 0.6 is 0 Å². The fourth-order valence-corrected chi connectivity index (χ4v) is 11.5. The number of para-hydroxylation sites is 1. The molecular weight excluding hydrogens is 795 g/mol. The maximum atomic E-state index is 2.48. The van der Waals surface area contributed by atoms with Crippen LogP contribution in [0.5, 0.6) is 0 Å². The lowest BCUT2D eigenvalue weighted by molar-refractivity contribution is 0.445. The van der Waals surface area contributed by atoms with Gasteiger partial charge in [0.1, 0.15) is 0 Å². The molecule has 66 heavy (non-hydrogen) atoms. The minimum absolute atomic E-state index is 0.466. The van der Waals surface area contributed by atoms with Crippen LogP contribution in [-0.4, -0.2) is 0 Å². The topological polar surface area (TPSA) is 3.24 Å². The molecule has 0 saturated heterocycles. The Morgan fingerprint density at radius 1 is 0.333 bits per heavy atom. The standard InChI is InChI=1S/C65H51N/c1-4-18-46(19-5-1)47-34-36-48(37-35-47)49-38-42-54(43-39-49)66(63-33-15-12-28-59(63)60-30-17-23-51-22-16-29-56(64(51)60)50-20-6-2-7-21-50)55-44-40-53(41-45-55)65(52-24-8-3-9-25-52)61-31-13-10-26-57(61)58-27-11-14-32-62(58)65/h1,3-5,8-19,22-45,50H,2,6-7,20-21H2. The van der Waals surface area contributed by atoms with Crippen molar-refractivity contribution >= 4 is 27.8 Å². The molecule has 0 N–H and O–H groups in total. The molecule has 0 unspecified atom stereocenters. The van der Waals surface area contributed by atoms with Gasteiger partial charge in [0.05, 0.1) is 11.1 Å². The van der Waals surface area contributed by atoms with Gasteiger partial charge in [0, 0.05) is 16.9 Å². The molecular formula is C65H51N. The van der Waals surface area contributed by atoms with Gasteiger partial charge in [-0.2, -0.15) is 0 Å². The Morgan fingerprint density at radius 3 is 1.41 bits per heavy atom. The molecule has 1 nitrogen and oxygen atoms in total. The molecule has 0 atom stereocenters. The molecule has 10 aromatic carbocycles. The smallest absolute Gasteiger partial charge is 0.0713 e. The number of benzene rings is 10. The molecule has 1 heteroatoms. The molecule has 1 fully saturated rings. The van der Waals surface area contributed by atoms with Gasteiger partial charge in [0.25, 0.3) is 0 Å². The fourth-order valence-electron chi connectivity index (χ4n) is 11.5. The average molecular weight is 846 g/mol. The Kier molecular flexibility index (Phi) is 10.3. The predicted octanol–water partition coefficient (Wildman–Crippen LogP) is 17.7. The number of fused-ring (bicyclic) bond motifs is 4. The van der Waals surface area contributed by atoms with Crippen LogP contribution in [0, 0.1) is 0 Å². The highest BCUT2D eigenvalue weighted by Gasteiger charge is 2.45. The first-order valence-corrected chi connectivity index (χ1v) is 23.8. The van der Waals surface area contributed by atoms with Crippen molar-refractivity contribution < 1.29 is 0 Å². The summed E-state index contributed by atoms with van der Waals surface area (Å²) in [5, 5.41) is 2.71. The third kappa shape index (κ3) is 6.77. The Labute approximate surface area is 389 Å². The van der Waals surface area contributed by atoms with Crippen molar-refractivity contribution in [2.45, 2.75) is 43.4 Å². The van der Waals surface area contributed by atoms with E-state index in [1.54, 1.807) is 0 Å². The van der Waals surface area contributed by atoms with E-state index >= 15 is 0 Å². The van der Waals surface area contributed by atoms with Gasteiger partial charge in [-0.05, 0) is 127 Å². The fraction of sp³-hybridized carbons (Fsp3) is 0.108. The van der Waals surface area contributed by atoms with Gasteiger partial charge in [-0.15, -0.1) is 0 Å². The monoisotopic (exact) mass is 845 g/mol. The second-order valence-corrected chi connectivity index (χ2v) is 18.2. The lowest BCUT2D eigenvalue weighted by atomic mass is 9.68. The van der Waals surface area contributed by atoms with E-state index in [-0.39, 0.29) is 0 Å². The molecule has 0 heterocycles. The van der Waals surface area contributed by atoms with Crippen molar-refractivity contribution in [3.8, 4) is 44.5 Å². The van der Waals surface area contributed by atoms with Crippen LogP contribution in [0.4, 0.5) is 17.1 Å². The predicted molar refractivity (Wildman–Crippen MR) is 278 cm³/mol. The largest absolute Gasteiger partial charge is 0.310 e. The molecule has 0 bridgehead atoms. The number of hydrogen-bond donors (Lipinski definition) is 0. The van der Waals surface area contributed by atoms with Crippen molar-refractivity contribution in [3.05, 3.63) is 270 Å². The second kappa shape index (κ2) is 17.0. The van der Waals surface area contributed by atoms with Crippen LogP contribution < -0.4 is 4.90 Å². The Hall–Kier alpha value is -7.74. The van der Waals surface area contributed by atoms with Gasteiger partial charge in [-0.3, -0.25) is 0 Å². The third-order valence-corrected chi connectivity index (χ3v) is 14.6. The summed E-state index contributed by atoms with van der Waals surface area (Å²) in [7, 11) is 0. The van der Waals surface area contributed by atoms with E-state index in [0.29, 0.717) is 5.92 Å². The van der Waals surface area contributed by atoms with Gasteiger partial charge >= 0.3 is 0 Å². The Balaban J connectivity index is 1.02. The molecule has 0 radical (unpaired) electrons. The summed E-state index contributed by atoms with van der Waals surface area (Å²) in [6.07, 6.45) is 6.47. The summed E-state index contributed by atoms with van der Waals surface area (Å²) in [5.41, 5.74) is 19.6. The summed E-state index contributed by atoms with van der Waals surface area (Å²) < 4.78 is 0. The molecule has 1 saturated carbocycles. The first-order valence-electron chi connectivity index (χ1n) is 23.8. The highest BCUT2D eigenvalue weighted by atomic mass is 15.1. The SMILES string of the molecule is c1ccc(-c2ccc(-c3ccc(N(c4ccc(C5(c6ccccc6)c6ccccc6-c6ccccc65)cc4)c4ccccc4-c4cccc5cccc(C6CCCCC6)c45)cc3)cc2)cc1. The lowest BCUT2D eigenvalue weighted by Gasteiger charge is -2.34. The van der Waals surface area contributed by atoms with E-state index in [1.807, 2.05) is 0 Å². The lowest BCUT2D eigenvalue weighted by Crippen LogP contribution is -2.28. The summed E-state index contributed by atoms with van der Waals surface area (Å²) in [5.74, 6) is 0.580. The van der Waals surface area contributed by atoms with Gasteiger partial charge in [0.15, 0.2) is 0 Å². The van der Waals surface area contributed by atoms with E-state index in [2.05, 4.69) is 248 Å². The molecule has 0 spiro atoms. The van der Waals surface area contributed by atoms with Crippen molar-refractivity contribution in [1.82, 2.24) is 0 Å². The second-order valence-electron chi connectivity index (χ2n) is 18.2. The molecule has 2 aliphatic rings. The molecule has 316 valence electrons. The van der Waals surface area contributed by atoms with Crippen molar-refractivity contribution in [1.29, 1.82) is 0 Å². The Bertz CT molecular complexity index is 3250. The maximum Gasteiger partial charge on any atom is 0.0713 e. The molecule has 0 aromatic heterocycles. The zero-order valence-corrected chi connectivity index (χ0v) is 37.2. The van der Waals surface area contributed by atoms with Crippen LogP contribution in [0.2, 0.25) is 0 Å². The summed E-state index contributed by atoms with van der Waals surface area (Å²) >= 11 is 0. The molecule has 12 rings (SSSR count). The summed E-state index contributed by atoms with van der Waals surface area (Å²) in [6.45, 7) is 0. The van der Waals surface area contributed by atoms with E-state index in [1.165, 1.54) is 115 Å². The molecule has 0 amide bonds. The van der Waals surface area contributed by atoms with Crippen molar-refractivity contribution in [2.75, 3.05) is 4.90 Å². The zero-order chi connectivity index (χ0) is 43.9. The molecule has 10 aromatic rings. The van der Waals surface area contributed by atoms with Crippen LogP contribution in [0.3, 0.4) is 0 Å². The zero-order valence-electron chi connectivity index (χ0n) is 37.2. The van der Waals surface area contributed by atoms with Gasteiger partial charge in [-0.1, -0.05) is 232 Å². The van der Waals surface area contributed by atoms with Gasteiger partial charge < -0.3 is 4.90 Å². The maximum absolute atomic E-state index is 2.48. The van der Waals surface area contributed by atoms with Gasteiger partial charge in [-0.25, -0.2) is 0 Å². The van der Waals surface area contributed by atoms with Gasteiger partial charge in [0.2, 0.25) is 0 Å². The Morgan fingerprint density at radius 2 is 0.788 bits per heavy atom. The number of hydrogen-bond acceptors (Lipinski definition) is 1. The van der Waals surface area contributed by atoms with E-state index < -0.39 is 5.41 Å². The third-order valence-electron chi connectivity index (χ3n) is 14.6. The van der Waals surface area contributed by atoms with Crippen LogP contribution in [0.25, 0.3) is 55.3 Å². The highest BCUT2D eigenvalue weighted by molar-refractivity contribution is 6.03. The summed E-state index contributed by atoms with van der Waals surface area (Å²) in [6, 6.07) is 90.3. The minimum Gasteiger partial charge on any atom is -0.310 e. The van der Waals surface area contributed by atoms with Crippen LogP contribution in [-0.2, 0) is 5.41 Å².